The molecule has 0 amide bonds. The smallest absolute Gasteiger partial charge is 0.355 e. The molecule has 0 saturated carbocycles. The first-order valence-electron chi connectivity index (χ1n) is 10.6. The second-order valence-electron chi connectivity index (χ2n) is 7.77. The highest BCUT2D eigenvalue weighted by atomic mass is 32.1. The summed E-state index contributed by atoms with van der Waals surface area (Å²) in [5.74, 6) is 0.407. The summed E-state index contributed by atoms with van der Waals surface area (Å²) in [6, 6.07) is 0. The molecule has 4 rings (SSSR count). The van der Waals surface area contributed by atoms with E-state index in [0.29, 0.717) is 29.4 Å². The Morgan fingerprint density at radius 1 is 1.31 bits per heavy atom. The first-order valence-corrected chi connectivity index (χ1v) is 11.5. The number of hydrogen-bond acceptors (Lipinski definition) is 8. The van der Waals surface area contributed by atoms with E-state index in [4.69, 9.17) is 0 Å². The minimum absolute atomic E-state index is 0.101. The third-order valence-electron chi connectivity index (χ3n) is 5.44. The molecule has 1 atom stereocenters. The lowest BCUT2D eigenvalue weighted by molar-refractivity contribution is -0.0572. The van der Waals surface area contributed by atoms with Gasteiger partial charge >= 0.3 is 6.18 Å². The lowest BCUT2D eigenvalue weighted by atomic mass is 9.99. The summed E-state index contributed by atoms with van der Waals surface area (Å²) in [7, 11) is 1.08. The van der Waals surface area contributed by atoms with Crippen LogP contribution in [0.2, 0.25) is 0 Å². The number of aromatic nitrogens is 6. The Balaban J connectivity index is 1.57. The standard InChI is InChI=1S/C21H21F5N8S/c1-3-5-13(17(27-2)21(24,25)26)20-32-31-19(35-20)12-6-4-7-33(10-12)16-9-28-14-8-29-34(11-15(22)23)18(14)30-16/h3,5,8-9,12,15H,1,4,6-7,10-11H2,2H3/b13-5+,27-17?. The first-order chi connectivity index (χ1) is 16.7. The molecule has 14 heteroatoms. The van der Waals surface area contributed by atoms with Gasteiger partial charge in [-0.05, 0) is 12.8 Å². The van der Waals surface area contributed by atoms with Crippen molar-refractivity contribution in [2.45, 2.75) is 37.9 Å². The van der Waals surface area contributed by atoms with E-state index in [2.05, 4.69) is 36.8 Å². The second-order valence-corrected chi connectivity index (χ2v) is 8.78. The van der Waals surface area contributed by atoms with Gasteiger partial charge in [0.1, 0.15) is 33.6 Å². The molecule has 0 N–H and O–H groups in total. The summed E-state index contributed by atoms with van der Waals surface area (Å²) >= 11 is 1.08. The number of halogens is 5. The van der Waals surface area contributed by atoms with Gasteiger partial charge in [-0.3, -0.25) is 4.99 Å². The molecular formula is C21H21F5N8S. The Morgan fingerprint density at radius 3 is 2.80 bits per heavy atom. The van der Waals surface area contributed by atoms with E-state index in [-0.39, 0.29) is 22.1 Å². The van der Waals surface area contributed by atoms with Gasteiger partial charge in [-0.2, -0.15) is 18.3 Å². The van der Waals surface area contributed by atoms with Crippen molar-refractivity contribution < 1.29 is 22.0 Å². The fourth-order valence-electron chi connectivity index (χ4n) is 3.92. The van der Waals surface area contributed by atoms with Gasteiger partial charge in [0.25, 0.3) is 6.43 Å². The third-order valence-corrected chi connectivity index (χ3v) is 6.56. The van der Waals surface area contributed by atoms with E-state index < -0.39 is 24.9 Å². The molecule has 0 bridgehead atoms. The quantitative estimate of drug-likeness (QED) is 0.263. The molecule has 4 heterocycles. The Morgan fingerprint density at radius 2 is 2.11 bits per heavy atom. The molecule has 1 aliphatic heterocycles. The Hall–Kier alpha value is -3.29. The molecule has 3 aromatic rings. The highest BCUT2D eigenvalue weighted by Crippen LogP contribution is 2.35. The summed E-state index contributed by atoms with van der Waals surface area (Å²) in [4.78, 5) is 14.1. The van der Waals surface area contributed by atoms with Crippen LogP contribution in [0.15, 0.2) is 36.1 Å². The topological polar surface area (TPSA) is 85.0 Å². The zero-order valence-electron chi connectivity index (χ0n) is 18.6. The van der Waals surface area contributed by atoms with Gasteiger partial charge in [-0.15, -0.1) is 10.2 Å². The molecule has 0 radical (unpaired) electrons. The van der Waals surface area contributed by atoms with Gasteiger partial charge in [-0.25, -0.2) is 23.4 Å². The SMILES string of the molecule is C=C/C=C(\C(=NC)C(F)(F)F)c1nnc(C2CCCN(c3cnc4cnn(CC(F)F)c4n3)C2)s1. The minimum Gasteiger partial charge on any atom is -0.355 e. The molecule has 35 heavy (non-hydrogen) atoms. The van der Waals surface area contributed by atoms with Crippen LogP contribution in [-0.2, 0) is 6.54 Å². The van der Waals surface area contributed by atoms with Crippen LogP contribution in [0.1, 0.15) is 28.8 Å². The summed E-state index contributed by atoms with van der Waals surface area (Å²) in [5.41, 5.74) is -0.554. The molecule has 8 nitrogen and oxygen atoms in total. The number of alkyl halides is 5. The average Bonchev–Trinajstić information content (AvgIpc) is 3.45. The van der Waals surface area contributed by atoms with Crippen molar-refractivity contribution in [1.29, 1.82) is 0 Å². The number of anilines is 1. The summed E-state index contributed by atoms with van der Waals surface area (Å²) < 4.78 is 67.2. The molecule has 0 aromatic carbocycles. The molecule has 0 aliphatic carbocycles. The molecule has 1 unspecified atom stereocenters. The van der Waals surface area contributed by atoms with Crippen molar-refractivity contribution >= 4 is 39.6 Å². The molecule has 1 fully saturated rings. The molecule has 1 saturated heterocycles. The maximum absolute atomic E-state index is 13.4. The lowest BCUT2D eigenvalue weighted by Gasteiger charge is -2.32. The highest BCUT2D eigenvalue weighted by Gasteiger charge is 2.39. The van der Waals surface area contributed by atoms with Crippen LogP contribution < -0.4 is 4.90 Å². The van der Waals surface area contributed by atoms with Crippen LogP contribution in [0.3, 0.4) is 0 Å². The molecule has 3 aromatic heterocycles. The van der Waals surface area contributed by atoms with Gasteiger partial charge < -0.3 is 4.90 Å². The monoisotopic (exact) mass is 512 g/mol. The number of nitrogens with zero attached hydrogens (tertiary/aromatic N) is 8. The molecule has 1 aliphatic rings. The van der Waals surface area contributed by atoms with E-state index in [1.807, 2.05) is 4.90 Å². The summed E-state index contributed by atoms with van der Waals surface area (Å²) in [6.45, 7) is 4.05. The number of rotatable bonds is 7. The predicted octanol–water partition coefficient (Wildman–Crippen LogP) is 4.53. The fraction of sp³-hybridized carbons (Fsp3) is 0.429. The van der Waals surface area contributed by atoms with Crippen molar-refractivity contribution in [2.24, 2.45) is 4.99 Å². The normalized spacial score (nSPS) is 18.0. The van der Waals surface area contributed by atoms with E-state index in [1.54, 1.807) is 6.20 Å². The van der Waals surface area contributed by atoms with E-state index >= 15 is 0 Å². The minimum atomic E-state index is -4.65. The maximum Gasteiger partial charge on any atom is 0.433 e. The Bertz CT molecular complexity index is 1260. The third kappa shape index (κ3) is 5.36. The molecule has 0 spiro atoms. The van der Waals surface area contributed by atoms with Crippen LogP contribution >= 0.6 is 11.3 Å². The van der Waals surface area contributed by atoms with Crippen LogP contribution in [0, 0.1) is 0 Å². The van der Waals surface area contributed by atoms with Crippen LogP contribution in [0.25, 0.3) is 16.7 Å². The van der Waals surface area contributed by atoms with Gasteiger partial charge in [0.05, 0.1) is 12.4 Å². The fourth-order valence-corrected chi connectivity index (χ4v) is 4.92. The number of hydrogen-bond donors (Lipinski definition) is 0. The van der Waals surface area contributed by atoms with Crippen LogP contribution in [0.4, 0.5) is 27.8 Å². The largest absolute Gasteiger partial charge is 0.433 e. The van der Waals surface area contributed by atoms with Crippen molar-refractivity contribution in [1.82, 2.24) is 29.9 Å². The number of allylic oxidation sites excluding steroid dienone is 3. The number of aliphatic imine (C=N–C) groups is 1. The second kappa shape index (κ2) is 10.1. The van der Waals surface area contributed by atoms with E-state index in [1.165, 1.54) is 18.3 Å². The van der Waals surface area contributed by atoms with Crippen molar-refractivity contribution in [2.75, 3.05) is 25.0 Å². The van der Waals surface area contributed by atoms with Gasteiger partial charge in [0.2, 0.25) is 0 Å². The lowest BCUT2D eigenvalue weighted by Crippen LogP contribution is -2.35. The van der Waals surface area contributed by atoms with Crippen molar-refractivity contribution in [3.05, 3.63) is 41.1 Å². The van der Waals surface area contributed by atoms with Crippen LogP contribution in [-0.4, -0.2) is 68.4 Å². The van der Waals surface area contributed by atoms with E-state index in [0.717, 1.165) is 35.9 Å². The Labute approximate surface area is 200 Å². The van der Waals surface area contributed by atoms with Crippen molar-refractivity contribution in [3.63, 3.8) is 0 Å². The van der Waals surface area contributed by atoms with E-state index in [9.17, 15) is 22.0 Å². The molecular weight excluding hydrogens is 491 g/mol. The van der Waals surface area contributed by atoms with Crippen LogP contribution in [0.5, 0.6) is 0 Å². The summed E-state index contributed by atoms with van der Waals surface area (Å²) in [6.07, 6.45) is -0.268. The average molecular weight is 513 g/mol. The number of fused-ring (bicyclic) bond motifs is 1. The maximum atomic E-state index is 13.4. The summed E-state index contributed by atoms with van der Waals surface area (Å²) in [5, 5.41) is 12.8. The zero-order chi connectivity index (χ0) is 25.2. The van der Waals surface area contributed by atoms with Gasteiger partial charge in [0, 0.05) is 31.6 Å². The van der Waals surface area contributed by atoms with Gasteiger partial charge in [0.15, 0.2) is 5.65 Å². The molecule has 186 valence electrons. The number of piperidine rings is 1. The highest BCUT2D eigenvalue weighted by molar-refractivity contribution is 7.12. The van der Waals surface area contributed by atoms with Crippen molar-refractivity contribution in [3.8, 4) is 0 Å². The van der Waals surface area contributed by atoms with Gasteiger partial charge in [-0.1, -0.05) is 30.1 Å². The Kier molecular flexibility index (Phi) is 7.19. The first kappa shape index (κ1) is 24.8. The predicted molar refractivity (Wildman–Crippen MR) is 123 cm³/mol. The zero-order valence-corrected chi connectivity index (χ0v) is 19.4.